The van der Waals surface area contributed by atoms with Crippen LogP contribution in [0, 0.1) is 5.41 Å². The van der Waals surface area contributed by atoms with Gasteiger partial charge in [0.2, 0.25) is 17.7 Å². The van der Waals surface area contributed by atoms with Crippen LogP contribution in [-0.4, -0.2) is 120 Å². The Kier molecular flexibility index (Phi) is 11.3. The van der Waals surface area contributed by atoms with Gasteiger partial charge in [-0.05, 0) is 55.5 Å². The molecule has 3 saturated heterocycles. The molecule has 1 spiro atoms. The van der Waals surface area contributed by atoms with Gasteiger partial charge in [-0.3, -0.25) is 28.8 Å². The Morgan fingerprint density at radius 1 is 1.02 bits per heavy atom. The van der Waals surface area contributed by atoms with E-state index >= 15 is 0 Å². The van der Waals surface area contributed by atoms with Crippen LogP contribution in [0.2, 0.25) is 0 Å². The molecular formula is C42H52N4O11. The number of carbonyl (C=O) groups excluding carboxylic acids is 5. The van der Waals surface area contributed by atoms with Gasteiger partial charge in [-0.25, -0.2) is 0 Å². The molecule has 2 aromatic carbocycles. The Morgan fingerprint density at radius 2 is 1.70 bits per heavy atom. The van der Waals surface area contributed by atoms with Gasteiger partial charge in [0.05, 0.1) is 19.2 Å². The molecule has 1 saturated carbocycles. The van der Waals surface area contributed by atoms with E-state index in [2.05, 4.69) is 10.6 Å². The van der Waals surface area contributed by atoms with Crippen molar-refractivity contribution in [2.24, 2.45) is 5.41 Å². The molecule has 3 amide bonds. The van der Waals surface area contributed by atoms with E-state index in [1.165, 1.54) is 16.0 Å². The number of benzene rings is 2. The number of hydrogen-bond donors (Lipinski definition) is 3. The van der Waals surface area contributed by atoms with Crippen LogP contribution in [0.4, 0.5) is 0 Å². The summed E-state index contributed by atoms with van der Waals surface area (Å²) in [6.07, 6.45) is 1.11. The van der Waals surface area contributed by atoms with Crippen molar-refractivity contribution in [3.05, 3.63) is 76.9 Å². The first-order valence-corrected chi connectivity index (χ1v) is 19.6. The third kappa shape index (κ3) is 8.21. The highest BCUT2D eigenvalue weighted by Crippen LogP contribution is 2.58. The van der Waals surface area contributed by atoms with Gasteiger partial charge >= 0.3 is 11.9 Å². The number of amides is 3. The lowest BCUT2D eigenvalue weighted by atomic mass is 9.62. The quantitative estimate of drug-likeness (QED) is 0.199. The zero-order valence-corrected chi connectivity index (χ0v) is 33.0. The molecule has 0 unspecified atom stereocenters. The number of likely N-dealkylation sites (N-methyl/N-ethyl adjacent to an activating group) is 1. The molecule has 3 aliphatic heterocycles. The summed E-state index contributed by atoms with van der Waals surface area (Å²) in [5, 5.41) is 17.0. The van der Waals surface area contributed by atoms with Crippen LogP contribution in [0.15, 0.2) is 54.6 Å². The van der Waals surface area contributed by atoms with Gasteiger partial charge in [0.25, 0.3) is 0 Å². The van der Waals surface area contributed by atoms with Crippen molar-refractivity contribution >= 4 is 35.7 Å². The zero-order chi connectivity index (χ0) is 40.7. The summed E-state index contributed by atoms with van der Waals surface area (Å²) in [6, 6.07) is 13.6. The largest absolute Gasteiger partial charge is 0.460 e. The number of nitrogens with one attached hydrogen (secondary N) is 2. The summed E-state index contributed by atoms with van der Waals surface area (Å²) in [5.74, 6) is -3.21. The number of carbonyl (C=O) groups is 5. The van der Waals surface area contributed by atoms with Gasteiger partial charge < -0.3 is 39.6 Å². The first-order valence-electron chi connectivity index (χ1n) is 19.6. The third-order valence-corrected chi connectivity index (χ3v) is 11.3. The van der Waals surface area contributed by atoms with Crippen molar-refractivity contribution in [2.75, 3.05) is 27.2 Å². The molecule has 2 bridgehead atoms. The molecule has 2 aliphatic carbocycles. The molecular weight excluding hydrogens is 736 g/mol. The molecule has 0 aromatic heterocycles. The van der Waals surface area contributed by atoms with Gasteiger partial charge in [-0.15, -0.1) is 0 Å². The topological polar surface area (TPSA) is 182 Å². The van der Waals surface area contributed by atoms with E-state index in [1.54, 1.807) is 40.9 Å². The number of rotatable bonds is 13. The fourth-order valence-electron chi connectivity index (χ4n) is 8.73. The van der Waals surface area contributed by atoms with Crippen molar-refractivity contribution in [1.82, 2.24) is 20.6 Å². The fraction of sp³-hybridized carbons (Fsp3) is 0.548. The van der Waals surface area contributed by atoms with Crippen LogP contribution in [0.5, 0.6) is 0 Å². The van der Waals surface area contributed by atoms with E-state index in [0.717, 1.165) is 22.3 Å². The van der Waals surface area contributed by atoms with Crippen molar-refractivity contribution in [3.63, 3.8) is 0 Å². The number of ether oxygens (including phenoxy) is 4. The summed E-state index contributed by atoms with van der Waals surface area (Å²) < 4.78 is 24.9. The average Bonchev–Trinajstić information content (AvgIpc) is 3.83. The first-order chi connectivity index (χ1) is 27.1. The van der Waals surface area contributed by atoms with Crippen molar-refractivity contribution in [1.29, 1.82) is 0 Å². The number of hydrogen-bond acceptors (Lipinski definition) is 12. The van der Waals surface area contributed by atoms with Crippen molar-refractivity contribution in [3.8, 4) is 0 Å². The van der Waals surface area contributed by atoms with Crippen LogP contribution in [0.25, 0.3) is 6.08 Å². The van der Waals surface area contributed by atoms with Crippen LogP contribution >= 0.6 is 0 Å². The molecule has 57 heavy (non-hydrogen) atoms. The number of nitrogens with zero attached hydrogens (tertiary/aromatic N) is 2. The molecule has 4 fully saturated rings. The number of fused-ring (bicyclic) bond motifs is 5. The molecule has 7 rings (SSSR count). The minimum absolute atomic E-state index is 0.00880. The van der Waals surface area contributed by atoms with Crippen molar-refractivity contribution in [2.45, 2.75) is 114 Å². The second kappa shape index (κ2) is 15.9. The zero-order valence-electron chi connectivity index (χ0n) is 33.0. The summed E-state index contributed by atoms with van der Waals surface area (Å²) in [6.45, 7) is 4.90. The van der Waals surface area contributed by atoms with E-state index in [0.29, 0.717) is 12.8 Å². The standard InChI is InChI=1S/C42H52N4O11/c1-40(2,3)54-33(50)17-15-29(24-47)44-31(48)18-19-43-39(52)42-22-30-34-35(56-41(55-34)20-26-11-7-8-12-27(26)21-41)37(42)57-46(36(42)38(51)53-30)23-28-13-9-6-10-25(28)14-16-32(49)45(4)5/h6-14,16,29-30,34-37,47H,15,17-24H2,1-5H3,(H,43,52)(H,44,48)/t29-,30-,34-,35-,36-,37+,42-/m0/s1. The van der Waals surface area contributed by atoms with E-state index in [4.69, 9.17) is 23.8 Å². The lowest BCUT2D eigenvalue weighted by Crippen LogP contribution is -2.69. The molecule has 7 atom stereocenters. The SMILES string of the molecule is CN(C)C(=O)C=Cc1ccccc1CN1O[C@@H]2[C@H]3OC4(Cc5ccccc5C4)O[C@H]3[C@@H]3C[C@]2(C(=O)NCCC(=O)N[C@H](CO)CCC(=O)OC(C)(C)C)[C@@H]1C(=O)O3. The first kappa shape index (κ1) is 40.5. The molecule has 3 N–H and O–H groups in total. The second-order valence-corrected chi connectivity index (χ2v) is 16.8. The van der Waals surface area contributed by atoms with Gasteiger partial charge in [-0.2, -0.15) is 5.06 Å². The highest BCUT2D eigenvalue weighted by atomic mass is 16.8. The maximum atomic E-state index is 14.7. The number of aliphatic hydroxyl groups is 1. The summed E-state index contributed by atoms with van der Waals surface area (Å²) in [7, 11) is 3.32. The third-order valence-electron chi connectivity index (χ3n) is 11.3. The number of esters is 2. The number of aliphatic hydroxyl groups excluding tert-OH is 1. The lowest BCUT2D eigenvalue weighted by molar-refractivity contribution is -0.217. The van der Waals surface area contributed by atoms with Crippen LogP contribution < -0.4 is 10.6 Å². The van der Waals surface area contributed by atoms with Gasteiger partial charge in [-0.1, -0.05) is 48.5 Å². The predicted octanol–water partition coefficient (Wildman–Crippen LogP) is 1.97. The molecule has 0 radical (unpaired) electrons. The predicted molar refractivity (Wildman–Crippen MR) is 203 cm³/mol. The molecule has 15 nitrogen and oxygen atoms in total. The Hall–Kier alpha value is -4.67. The Labute approximate surface area is 331 Å². The van der Waals surface area contributed by atoms with Crippen molar-refractivity contribution < 1.29 is 52.9 Å². The highest BCUT2D eigenvalue weighted by molar-refractivity contribution is 5.94. The maximum Gasteiger partial charge on any atom is 0.327 e. The Balaban J connectivity index is 1.11. The van der Waals surface area contributed by atoms with Gasteiger partial charge in [0.15, 0.2) is 11.8 Å². The second-order valence-electron chi connectivity index (χ2n) is 16.8. The van der Waals surface area contributed by atoms with Gasteiger partial charge in [0.1, 0.15) is 35.4 Å². The normalized spacial score (nSPS) is 27.4. The lowest BCUT2D eigenvalue weighted by Gasteiger charge is -2.48. The van der Waals surface area contributed by atoms with Gasteiger partial charge in [0, 0.05) is 58.8 Å². The molecule has 306 valence electrons. The van der Waals surface area contributed by atoms with Crippen LogP contribution in [0.1, 0.15) is 68.7 Å². The van der Waals surface area contributed by atoms with Crippen LogP contribution in [0.3, 0.4) is 0 Å². The average molecular weight is 789 g/mol. The fourth-order valence-corrected chi connectivity index (χ4v) is 8.73. The van der Waals surface area contributed by atoms with Crippen LogP contribution in [-0.2, 0) is 67.1 Å². The monoisotopic (exact) mass is 788 g/mol. The summed E-state index contributed by atoms with van der Waals surface area (Å²) in [5.41, 5.74) is 1.54. The minimum atomic E-state index is -1.47. The van der Waals surface area contributed by atoms with E-state index in [-0.39, 0.29) is 51.3 Å². The maximum absolute atomic E-state index is 14.7. The molecule has 2 aromatic rings. The highest BCUT2D eigenvalue weighted by Gasteiger charge is 2.76. The smallest absolute Gasteiger partial charge is 0.327 e. The Morgan fingerprint density at radius 3 is 2.39 bits per heavy atom. The summed E-state index contributed by atoms with van der Waals surface area (Å²) >= 11 is 0. The Bertz CT molecular complexity index is 1900. The minimum Gasteiger partial charge on any atom is -0.460 e. The van der Waals surface area contributed by atoms with E-state index in [1.807, 2.05) is 48.5 Å². The number of hydroxylamine groups is 2. The molecule has 15 heteroatoms. The molecule has 3 heterocycles. The summed E-state index contributed by atoms with van der Waals surface area (Å²) in [4.78, 5) is 74.6. The molecule has 5 aliphatic rings. The van der Waals surface area contributed by atoms with E-state index < -0.39 is 77.1 Å². The van der Waals surface area contributed by atoms with E-state index in [9.17, 15) is 29.1 Å².